The fourth-order valence-corrected chi connectivity index (χ4v) is 4.58. The van der Waals surface area contributed by atoms with Gasteiger partial charge in [-0.05, 0) is 18.2 Å². The molecule has 0 spiro atoms. The molecule has 7 nitrogen and oxygen atoms in total. The number of pyridine rings is 1. The van der Waals surface area contributed by atoms with Gasteiger partial charge in [0, 0.05) is 18.3 Å². The van der Waals surface area contributed by atoms with Crippen LogP contribution >= 0.6 is 0 Å². The van der Waals surface area contributed by atoms with Gasteiger partial charge >= 0.3 is 5.97 Å². The first-order chi connectivity index (χ1) is 11.5. The van der Waals surface area contributed by atoms with E-state index in [4.69, 9.17) is 0 Å². The molecule has 2 aliphatic rings. The summed E-state index contributed by atoms with van der Waals surface area (Å²) < 4.78 is 30.9. The Morgan fingerprint density at radius 2 is 2.04 bits per heavy atom. The summed E-state index contributed by atoms with van der Waals surface area (Å²) in [6.45, 7) is 1.10. The van der Waals surface area contributed by atoms with Crippen molar-refractivity contribution in [2.24, 2.45) is 4.99 Å². The maximum absolute atomic E-state index is 13.1. The Hall–Kier alpha value is -2.74. The quantitative estimate of drug-likeness (QED) is 0.725. The Morgan fingerprint density at radius 1 is 1.25 bits per heavy atom. The molecule has 0 radical (unpaired) electrons. The number of hydrogen-bond donors (Lipinski definition) is 0. The van der Waals surface area contributed by atoms with Crippen LogP contribution in [0.5, 0.6) is 0 Å². The molecule has 2 aliphatic heterocycles. The summed E-state index contributed by atoms with van der Waals surface area (Å²) in [5.41, 5.74) is 0.643. The van der Waals surface area contributed by atoms with Gasteiger partial charge in [0.05, 0.1) is 24.1 Å². The van der Waals surface area contributed by atoms with E-state index in [9.17, 15) is 13.2 Å². The molecular formula is C16H13N3O4S. The van der Waals surface area contributed by atoms with E-state index in [0.29, 0.717) is 24.5 Å². The maximum Gasteiger partial charge on any atom is 0.339 e. The Balaban J connectivity index is 2.06. The third-order valence-electron chi connectivity index (χ3n) is 4.06. The molecule has 4 rings (SSSR count). The third-order valence-corrected chi connectivity index (χ3v) is 5.87. The lowest BCUT2D eigenvalue weighted by atomic mass is 10.2. The van der Waals surface area contributed by atoms with Crippen molar-refractivity contribution in [2.75, 3.05) is 25.1 Å². The van der Waals surface area contributed by atoms with Gasteiger partial charge in [-0.3, -0.25) is 4.99 Å². The van der Waals surface area contributed by atoms with Crippen molar-refractivity contribution >= 4 is 27.5 Å². The van der Waals surface area contributed by atoms with Gasteiger partial charge in [-0.2, -0.15) is 0 Å². The largest absolute Gasteiger partial charge is 0.465 e. The number of ether oxygens (including phenoxy) is 1. The monoisotopic (exact) mass is 343 g/mol. The summed E-state index contributed by atoms with van der Waals surface area (Å²) in [6.07, 6.45) is 1.33. The topological polar surface area (TPSA) is 88.9 Å². The molecule has 24 heavy (non-hydrogen) atoms. The van der Waals surface area contributed by atoms with Gasteiger partial charge in [0.15, 0.2) is 5.82 Å². The summed E-state index contributed by atoms with van der Waals surface area (Å²) in [5, 5.41) is 0. The molecule has 2 aromatic rings. The van der Waals surface area contributed by atoms with Crippen molar-refractivity contribution < 1.29 is 17.9 Å². The fourth-order valence-electron chi connectivity index (χ4n) is 2.96. The van der Waals surface area contributed by atoms with E-state index in [0.717, 1.165) is 0 Å². The molecule has 0 amide bonds. The normalized spacial score (nSPS) is 17.2. The molecule has 1 aromatic carbocycles. The molecule has 0 atom stereocenters. The number of rotatable bonds is 1. The number of methoxy groups -OCH3 is 1. The van der Waals surface area contributed by atoms with Crippen molar-refractivity contribution in [1.29, 1.82) is 0 Å². The Labute approximate surface area is 138 Å². The van der Waals surface area contributed by atoms with E-state index >= 15 is 0 Å². The van der Waals surface area contributed by atoms with Crippen LogP contribution in [-0.4, -0.2) is 45.4 Å². The van der Waals surface area contributed by atoms with E-state index in [1.807, 2.05) is 0 Å². The second kappa shape index (κ2) is 5.13. The number of aliphatic imine (C=N–C) groups is 1. The second-order valence-electron chi connectivity index (χ2n) is 5.39. The molecule has 1 aromatic heterocycles. The lowest BCUT2D eigenvalue weighted by molar-refractivity contribution is 0.0600. The molecule has 0 fully saturated rings. The first-order valence-electron chi connectivity index (χ1n) is 7.29. The second-order valence-corrected chi connectivity index (χ2v) is 7.28. The smallest absolute Gasteiger partial charge is 0.339 e. The molecule has 8 heteroatoms. The van der Waals surface area contributed by atoms with Gasteiger partial charge in [-0.1, -0.05) is 12.1 Å². The van der Waals surface area contributed by atoms with E-state index in [-0.39, 0.29) is 21.2 Å². The van der Waals surface area contributed by atoms with Crippen molar-refractivity contribution in [1.82, 2.24) is 4.98 Å². The molecule has 0 unspecified atom stereocenters. The third kappa shape index (κ3) is 1.96. The lowest BCUT2D eigenvalue weighted by Crippen LogP contribution is -2.29. The van der Waals surface area contributed by atoms with Gasteiger partial charge in [-0.15, -0.1) is 0 Å². The van der Waals surface area contributed by atoms with Crippen LogP contribution in [0, 0.1) is 0 Å². The summed E-state index contributed by atoms with van der Waals surface area (Å²) in [4.78, 5) is 22.4. The van der Waals surface area contributed by atoms with Crippen LogP contribution in [0.25, 0.3) is 0 Å². The van der Waals surface area contributed by atoms with Crippen molar-refractivity contribution in [2.45, 2.75) is 9.79 Å². The Morgan fingerprint density at radius 3 is 2.83 bits per heavy atom. The van der Waals surface area contributed by atoms with Gasteiger partial charge in [0.1, 0.15) is 10.7 Å². The van der Waals surface area contributed by atoms with Gasteiger partial charge < -0.3 is 9.64 Å². The minimum atomic E-state index is -3.84. The molecule has 3 heterocycles. The van der Waals surface area contributed by atoms with Crippen LogP contribution in [0.4, 0.5) is 5.82 Å². The van der Waals surface area contributed by atoms with Crippen LogP contribution in [0.2, 0.25) is 0 Å². The van der Waals surface area contributed by atoms with E-state index in [1.54, 1.807) is 29.2 Å². The van der Waals surface area contributed by atoms with Crippen molar-refractivity contribution in [3.05, 3.63) is 47.7 Å². The lowest BCUT2D eigenvalue weighted by Gasteiger charge is -2.18. The number of nitrogens with zero attached hydrogens (tertiary/aromatic N) is 3. The number of anilines is 1. The van der Waals surface area contributed by atoms with Gasteiger partial charge in [-0.25, -0.2) is 18.2 Å². The molecule has 0 aliphatic carbocycles. The number of amidine groups is 1. The highest BCUT2D eigenvalue weighted by atomic mass is 32.2. The van der Waals surface area contributed by atoms with Crippen LogP contribution in [-0.2, 0) is 14.6 Å². The zero-order chi connectivity index (χ0) is 16.9. The summed E-state index contributed by atoms with van der Waals surface area (Å²) in [5.74, 6) is 0.245. The average molecular weight is 343 g/mol. The summed E-state index contributed by atoms with van der Waals surface area (Å²) in [7, 11) is -2.60. The summed E-state index contributed by atoms with van der Waals surface area (Å²) in [6, 6.07) is 8.04. The first kappa shape index (κ1) is 14.8. The van der Waals surface area contributed by atoms with Crippen molar-refractivity contribution in [3.63, 3.8) is 0 Å². The molecule has 0 saturated heterocycles. The number of aromatic nitrogens is 1. The average Bonchev–Trinajstić information content (AvgIpc) is 3.07. The van der Waals surface area contributed by atoms with Crippen LogP contribution in [0.15, 0.2) is 51.3 Å². The number of fused-ring (bicyclic) bond motifs is 5. The number of esters is 1. The highest BCUT2D eigenvalue weighted by Gasteiger charge is 2.37. The number of carbonyl (C=O) groups excluding carboxylic acids is 1. The van der Waals surface area contributed by atoms with Crippen LogP contribution < -0.4 is 4.90 Å². The van der Waals surface area contributed by atoms with Crippen LogP contribution in [0.1, 0.15) is 15.9 Å². The number of carbonyl (C=O) groups is 1. The van der Waals surface area contributed by atoms with E-state index < -0.39 is 15.8 Å². The minimum absolute atomic E-state index is 0.00931. The first-order valence-corrected chi connectivity index (χ1v) is 8.77. The van der Waals surface area contributed by atoms with Crippen molar-refractivity contribution in [3.8, 4) is 0 Å². The highest BCUT2D eigenvalue weighted by Crippen LogP contribution is 2.37. The number of sulfone groups is 1. The standard InChI is InChI=1S/C16H13N3O4S/c1-23-16(20)10-8-13-15(18-9-10)19-7-6-17-14(19)11-4-2-3-5-12(11)24(13,21)22/h2-5,8-9H,6-7H2,1H3. The number of hydrogen-bond acceptors (Lipinski definition) is 7. The van der Waals surface area contributed by atoms with E-state index in [1.165, 1.54) is 19.4 Å². The molecule has 0 N–H and O–H groups in total. The molecule has 0 saturated carbocycles. The molecular weight excluding hydrogens is 330 g/mol. The predicted octanol–water partition coefficient (Wildman–Crippen LogP) is 1.28. The van der Waals surface area contributed by atoms with Gasteiger partial charge in [0.2, 0.25) is 9.84 Å². The zero-order valence-electron chi connectivity index (χ0n) is 12.8. The molecule has 0 bridgehead atoms. The SMILES string of the molecule is COC(=O)c1cnc2c(c1)S(=O)(=O)c1ccccc1C1=NCCN12. The Bertz CT molecular complexity index is 998. The van der Waals surface area contributed by atoms with Gasteiger partial charge in [0.25, 0.3) is 0 Å². The molecule has 122 valence electrons. The Kier molecular flexibility index (Phi) is 3.17. The zero-order valence-corrected chi connectivity index (χ0v) is 13.6. The maximum atomic E-state index is 13.1. The van der Waals surface area contributed by atoms with Crippen LogP contribution in [0.3, 0.4) is 0 Å². The highest BCUT2D eigenvalue weighted by molar-refractivity contribution is 7.91. The minimum Gasteiger partial charge on any atom is -0.465 e. The fraction of sp³-hybridized carbons (Fsp3) is 0.188. The van der Waals surface area contributed by atoms with E-state index in [2.05, 4.69) is 14.7 Å². The summed E-state index contributed by atoms with van der Waals surface area (Å²) >= 11 is 0. The number of benzene rings is 1. The predicted molar refractivity (Wildman–Crippen MR) is 86.2 cm³/mol.